The van der Waals surface area contributed by atoms with E-state index in [1.54, 1.807) is 0 Å². The lowest BCUT2D eigenvalue weighted by molar-refractivity contribution is -0.137. The van der Waals surface area contributed by atoms with Gasteiger partial charge < -0.3 is 10.2 Å². The number of amides is 2. The molecule has 1 rings (SSSR count). The molecule has 2 amide bonds. The largest absolute Gasteiger partial charge is 0.417 e. The maximum absolute atomic E-state index is 12.9. The Balaban J connectivity index is 2.96. The van der Waals surface area contributed by atoms with Crippen molar-refractivity contribution in [2.24, 2.45) is 0 Å². The van der Waals surface area contributed by atoms with Gasteiger partial charge >= 0.3 is 6.18 Å². The maximum Gasteiger partial charge on any atom is 0.417 e. The molecular formula is C15H16ClF3N2O2. The number of rotatable bonds is 6. The molecule has 1 N–H and O–H groups in total. The molecule has 0 aliphatic heterocycles. The summed E-state index contributed by atoms with van der Waals surface area (Å²) in [7, 11) is 0. The van der Waals surface area contributed by atoms with Crippen LogP contribution >= 0.6 is 11.6 Å². The minimum Gasteiger partial charge on any atom is -0.353 e. The van der Waals surface area contributed by atoms with Crippen molar-refractivity contribution in [1.82, 2.24) is 5.32 Å². The molecule has 0 heterocycles. The van der Waals surface area contributed by atoms with Crippen molar-refractivity contribution < 1.29 is 22.8 Å². The van der Waals surface area contributed by atoms with Gasteiger partial charge in [-0.15, -0.1) is 6.58 Å². The third-order valence-corrected chi connectivity index (χ3v) is 3.28. The van der Waals surface area contributed by atoms with Crippen molar-refractivity contribution in [3.8, 4) is 0 Å². The molecule has 1 aromatic carbocycles. The van der Waals surface area contributed by atoms with E-state index in [0.717, 1.165) is 17.0 Å². The van der Waals surface area contributed by atoms with Crippen molar-refractivity contribution in [3.63, 3.8) is 0 Å². The summed E-state index contributed by atoms with van der Waals surface area (Å²) in [4.78, 5) is 24.3. The summed E-state index contributed by atoms with van der Waals surface area (Å²) in [6.07, 6.45) is -3.18. The molecule has 8 heteroatoms. The van der Waals surface area contributed by atoms with E-state index >= 15 is 0 Å². The van der Waals surface area contributed by atoms with Gasteiger partial charge in [-0.05, 0) is 18.2 Å². The molecule has 0 fully saturated rings. The van der Waals surface area contributed by atoms with Gasteiger partial charge in [0.15, 0.2) is 0 Å². The molecule has 0 saturated heterocycles. The van der Waals surface area contributed by atoms with Crippen molar-refractivity contribution in [1.29, 1.82) is 0 Å². The van der Waals surface area contributed by atoms with Gasteiger partial charge in [0.05, 0.1) is 10.6 Å². The summed E-state index contributed by atoms with van der Waals surface area (Å²) >= 11 is 5.55. The van der Waals surface area contributed by atoms with Gasteiger partial charge in [0.25, 0.3) is 0 Å². The molecule has 23 heavy (non-hydrogen) atoms. The van der Waals surface area contributed by atoms with E-state index in [9.17, 15) is 22.8 Å². The van der Waals surface area contributed by atoms with Crippen molar-refractivity contribution in [3.05, 3.63) is 41.4 Å². The van der Waals surface area contributed by atoms with E-state index in [1.807, 2.05) is 0 Å². The number of hydrogen-bond acceptors (Lipinski definition) is 2. The zero-order chi connectivity index (χ0) is 17.6. The van der Waals surface area contributed by atoms with Crippen LogP contribution in [-0.4, -0.2) is 24.9 Å². The normalized spacial score (nSPS) is 11.0. The van der Waals surface area contributed by atoms with Gasteiger partial charge in [0.2, 0.25) is 11.8 Å². The van der Waals surface area contributed by atoms with Crippen LogP contribution in [0.4, 0.5) is 18.9 Å². The highest BCUT2D eigenvalue weighted by Crippen LogP contribution is 2.37. The molecule has 126 valence electrons. The average Bonchev–Trinajstić information content (AvgIpc) is 2.45. The Labute approximate surface area is 136 Å². The van der Waals surface area contributed by atoms with E-state index < -0.39 is 22.7 Å². The van der Waals surface area contributed by atoms with Crippen LogP contribution in [0.15, 0.2) is 30.9 Å². The lowest BCUT2D eigenvalue weighted by atomic mass is 10.1. The first-order valence-corrected chi connectivity index (χ1v) is 7.07. The topological polar surface area (TPSA) is 49.4 Å². The predicted octanol–water partition coefficient (Wildman–Crippen LogP) is 3.40. The number of nitrogens with zero attached hydrogens (tertiary/aromatic N) is 1. The summed E-state index contributed by atoms with van der Waals surface area (Å²) in [5.41, 5.74) is -0.996. The van der Waals surface area contributed by atoms with E-state index in [-0.39, 0.29) is 31.1 Å². The lowest BCUT2D eigenvalue weighted by Gasteiger charge is -2.22. The van der Waals surface area contributed by atoms with Crippen molar-refractivity contribution in [2.75, 3.05) is 18.0 Å². The summed E-state index contributed by atoms with van der Waals surface area (Å²) in [6, 6.07) is 3.18. The Hall–Kier alpha value is -2.02. The van der Waals surface area contributed by atoms with E-state index in [2.05, 4.69) is 11.9 Å². The van der Waals surface area contributed by atoms with Crippen LogP contribution in [0.1, 0.15) is 18.9 Å². The van der Waals surface area contributed by atoms with Crippen LogP contribution in [0.5, 0.6) is 0 Å². The Kier molecular flexibility index (Phi) is 6.62. The fraction of sp³-hybridized carbons (Fsp3) is 0.333. The molecular weight excluding hydrogens is 333 g/mol. The highest BCUT2D eigenvalue weighted by Gasteiger charge is 2.34. The van der Waals surface area contributed by atoms with Gasteiger partial charge in [0, 0.05) is 32.1 Å². The monoisotopic (exact) mass is 348 g/mol. The van der Waals surface area contributed by atoms with Crippen LogP contribution < -0.4 is 10.2 Å². The second kappa shape index (κ2) is 8.01. The van der Waals surface area contributed by atoms with Crippen LogP contribution in [0.25, 0.3) is 0 Å². The van der Waals surface area contributed by atoms with Crippen LogP contribution in [0, 0.1) is 0 Å². The number of alkyl halides is 3. The van der Waals surface area contributed by atoms with Gasteiger partial charge in [-0.3, -0.25) is 9.59 Å². The number of anilines is 1. The summed E-state index contributed by atoms with van der Waals surface area (Å²) in [5, 5.41) is 2.08. The number of benzene rings is 1. The predicted molar refractivity (Wildman–Crippen MR) is 82.3 cm³/mol. The molecule has 0 spiro atoms. The molecule has 1 aromatic rings. The minimum absolute atomic E-state index is 0.0331. The van der Waals surface area contributed by atoms with E-state index in [4.69, 9.17) is 11.6 Å². The van der Waals surface area contributed by atoms with E-state index in [0.29, 0.717) is 0 Å². The standard InChI is InChI=1S/C15H16ClF3N2O2/c1-3-7-20-14(23)6-8-21(10(2)22)11-4-5-13(16)12(9-11)15(17,18)19/h3-5,9H,1,6-8H2,2H3,(H,20,23). The number of carbonyl (C=O) groups excluding carboxylic acids is 2. The molecule has 0 unspecified atom stereocenters. The fourth-order valence-corrected chi connectivity index (χ4v) is 2.08. The molecule has 0 aromatic heterocycles. The SMILES string of the molecule is C=CCNC(=O)CCN(C(C)=O)c1ccc(Cl)c(C(F)(F)F)c1. The lowest BCUT2D eigenvalue weighted by Crippen LogP contribution is -2.34. The zero-order valence-corrected chi connectivity index (χ0v) is 13.2. The Morgan fingerprint density at radius 1 is 1.39 bits per heavy atom. The molecule has 0 bridgehead atoms. The van der Waals surface area contributed by atoms with Crippen LogP contribution in [0.3, 0.4) is 0 Å². The van der Waals surface area contributed by atoms with Crippen LogP contribution in [-0.2, 0) is 15.8 Å². The quantitative estimate of drug-likeness (QED) is 0.801. The highest BCUT2D eigenvalue weighted by molar-refractivity contribution is 6.31. The molecule has 0 aliphatic carbocycles. The number of nitrogens with one attached hydrogen (secondary N) is 1. The fourth-order valence-electron chi connectivity index (χ4n) is 1.85. The number of carbonyl (C=O) groups is 2. The summed E-state index contributed by atoms with van der Waals surface area (Å²) in [5.74, 6) is -0.807. The van der Waals surface area contributed by atoms with Crippen LogP contribution in [0.2, 0.25) is 5.02 Å². The molecule has 4 nitrogen and oxygen atoms in total. The van der Waals surface area contributed by atoms with Gasteiger partial charge in [-0.1, -0.05) is 17.7 Å². The first-order valence-electron chi connectivity index (χ1n) is 6.69. The molecule has 0 atom stereocenters. The second-order valence-electron chi connectivity index (χ2n) is 4.68. The molecule has 0 saturated carbocycles. The smallest absolute Gasteiger partial charge is 0.353 e. The molecule has 0 aliphatic rings. The Morgan fingerprint density at radius 2 is 2.04 bits per heavy atom. The van der Waals surface area contributed by atoms with Crippen molar-refractivity contribution >= 4 is 29.1 Å². The number of hydrogen-bond donors (Lipinski definition) is 1. The first kappa shape index (κ1) is 19.0. The summed E-state index contributed by atoms with van der Waals surface area (Å²) < 4.78 is 38.7. The highest BCUT2D eigenvalue weighted by atomic mass is 35.5. The van der Waals surface area contributed by atoms with Gasteiger partial charge in [-0.2, -0.15) is 13.2 Å². The van der Waals surface area contributed by atoms with E-state index in [1.165, 1.54) is 19.1 Å². The van der Waals surface area contributed by atoms with Gasteiger partial charge in [-0.25, -0.2) is 0 Å². The third kappa shape index (κ3) is 5.59. The Bertz CT molecular complexity index is 603. The van der Waals surface area contributed by atoms with Gasteiger partial charge in [0.1, 0.15) is 0 Å². The average molecular weight is 349 g/mol. The molecule has 0 radical (unpaired) electrons. The number of halogens is 4. The zero-order valence-electron chi connectivity index (χ0n) is 12.4. The minimum atomic E-state index is -4.63. The second-order valence-corrected chi connectivity index (χ2v) is 5.08. The first-order chi connectivity index (χ1) is 10.7. The Morgan fingerprint density at radius 3 is 2.57 bits per heavy atom. The summed E-state index contributed by atoms with van der Waals surface area (Å²) in [6.45, 7) is 4.89. The maximum atomic E-state index is 12.9. The van der Waals surface area contributed by atoms with Crippen molar-refractivity contribution in [2.45, 2.75) is 19.5 Å². The third-order valence-electron chi connectivity index (χ3n) is 2.95.